The first kappa shape index (κ1) is 18.5. The third-order valence-electron chi connectivity index (χ3n) is 4.77. The highest BCUT2D eigenvalue weighted by Crippen LogP contribution is 2.26. The van der Waals surface area contributed by atoms with Gasteiger partial charge in [0, 0.05) is 18.0 Å². The van der Waals surface area contributed by atoms with Gasteiger partial charge in [0.25, 0.3) is 5.56 Å². The molecule has 136 valence electrons. The molecule has 0 radical (unpaired) electrons. The Labute approximate surface area is 156 Å². The summed E-state index contributed by atoms with van der Waals surface area (Å²) in [4.78, 5) is 36.0. The van der Waals surface area contributed by atoms with Gasteiger partial charge in [0.05, 0.1) is 16.9 Å². The normalized spacial score (nSPS) is 21.0. The van der Waals surface area contributed by atoms with Crippen LogP contribution in [0.4, 0.5) is 0 Å². The first-order valence-corrected chi connectivity index (χ1v) is 10.7. The van der Waals surface area contributed by atoms with Gasteiger partial charge in [-0.3, -0.25) is 9.59 Å². The maximum absolute atomic E-state index is 12.4. The molecule has 3 rings (SSSR count). The Morgan fingerprint density at radius 3 is 2.68 bits per heavy atom. The fourth-order valence-corrected chi connectivity index (χ4v) is 5.40. The Morgan fingerprint density at radius 1 is 1.32 bits per heavy atom. The molecule has 1 aliphatic heterocycles. The van der Waals surface area contributed by atoms with Gasteiger partial charge in [0.15, 0.2) is 0 Å². The lowest BCUT2D eigenvalue weighted by atomic mass is 9.92. The third kappa shape index (κ3) is 4.08. The summed E-state index contributed by atoms with van der Waals surface area (Å²) in [6.07, 6.45) is 1.20. The Kier molecular flexibility index (Phi) is 5.53. The van der Waals surface area contributed by atoms with Gasteiger partial charge in [0.1, 0.15) is 10.7 Å². The quantitative estimate of drug-likeness (QED) is 0.885. The topological polar surface area (TPSA) is 66.1 Å². The molecule has 0 aliphatic carbocycles. The zero-order chi connectivity index (χ0) is 18.1. The summed E-state index contributed by atoms with van der Waals surface area (Å²) in [6.45, 7) is 10.1. The average Bonchev–Trinajstić information content (AvgIpc) is 2.81. The largest absolute Gasteiger partial charge is 0.341 e. The van der Waals surface area contributed by atoms with Crippen molar-refractivity contribution in [1.29, 1.82) is 0 Å². The van der Waals surface area contributed by atoms with Crippen LogP contribution in [-0.4, -0.2) is 39.6 Å². The predicted molar refractivity (Wildman–Crippen MR) is 105 cm³/mol. The molecule has 0 bridgehead atoms. The van der Waals surface area contributed by atoms with E-state index >= 15 is 0 Å². The summed E-state index contributed by atoms with van der Waals surface area (Å²) in [5.74, 6) is 2.97. The molecule has 1 N–H and O–H groups in total. The smallest absolute Gasteiger partial charge is 0.259 e. The summed E-state index contributed by atoms with van der Waals surface area (Å²) >= 11 is 3.07. The lowest BCUT2D eigenvalue weighted by molar-refractivity contribution is -0.130. The SMILES string of the molecule is Cc1sc2nc(CSCC(=O)N3C[C@H](C)C[C@@H](C)C3)[nH]c(=O)c2c1C. The maximum atomic E-state index is 12.4. The molecule has 2 aromatic heterocycles. The maximum Gasteiger partial charge on any atom is 0.259 e. The molecule has 5 nitrogen and oxygen atoms in total. The molecule has 1 aliphatic rings. The number of aryl methyl sites for hydroxylation is 2. The number of aromatic amines is 1. The van der Waals surface area contributed by atoms with Gasteiger partial charge < -0.3 is 9.88 Å². The Morgan fingerprint density at radius 2 is 2.00 bits per heavy atom. The minimum Gasteiger partial charge on any atom is -0.341 e. The number of H-pyrrole nitrogens is 1. The highest BCUT2D eigenvalue weighted by Gasteiger charge is 2.25. The highest BCUT2D eigenvalue weighted by atomic mass is 32.2. The van der Waals surface area contributed by atoms with E-state index in [0.29, 0.717) is 34.6 Å². The molecule has 0 saturated carbocycles. The van der Waals surface area contributed by atoms with E-state index in [1.54, 1.807) is 11.3 Å². The Balaban J connectivity index is 1.61. The molecule has 1 amide bonds. The molecule has 1 fully saturated rings. The second kappa shape index (κ2) is 7.50. The molecule has 0 unspecified atom stereocenters. The van der Waals surface area contributed by atoms with E-state index in [-0.39, 0.29) is 11.5 Å². The zero-order valence-corrected chi connectivity index (χ0v) is 16.9. The van der Waals surface area contributed by atoms with Crippen LogP contribution < -0.4 is 5.56 Å². The lowest BCUT2D eigenvalue weighted by Gasteiger charge is -2.35. The number of nitrogens with zero attached hydrogens (tertiary/aromatic N) is 2. The van der Waals surface area contributed by atoms with Crippen LogP contribution in [0.15, 0.2) is 4.79 Å². The van der Waals surface area contributed by atoms with E-state index in [0.717, 1.165) is 28.4 Å². The van der Waals surface area contributed by atoms with Crippen LogP contribution >= 0.6 is 23.1 Å². The number of nitrogens with one attached hydrogen (secondary N) is 1. The standard InChI is InChI=1S/C18H25N3O2S2/c1-10-5-11(2)7-21(6-10)15(22)9-24-8-14-19-17(23)16-12(3)13(4)25-18(16)20-14/h10-11H,5-9H2,1-4H3,(H,19,20,23)/t10-,11-/m1/s1. The fraction of sp³-hybridized carbons (Fsp3) is 0.611. The molecule has 0 spiro atoms. The Hall–Kier alpha value is -1.34. The molecular formula is C18H25N3O2S2. The molecule has 3 heterocycles. The van der Waals surface area contributed by atoms with Crippen molar-refractivity contribution in [2.45, 2.75) is 39.9 Å². The number of carbonyl (C=O) groups excluding carboxylic acids is 1. The van der Waals surface area contributed by atoms with Crippen molar-refractivity contribution < 1.29 is 4.79 Å². The molecule has 7 heteroatoms. The van der Waals surface area contributed by atoms with Gasteiger partial charge in [0.2, 0.25) is 5.91 Å². The first-order chi connectivity index (χ1) is 11.8. The van der Waals surface area contributed by atoms with Gasteiger partial charge in [-0.1, -0.05) is 13.8 Å². The second-order valence-corrected chi connectivity index (χ2v) is 9.40. The van der Waals surface area contributed by atoms with Gasteiger partial charge in [-0.15, -0.1) is 23.1 Å². The number of rotatable bonds is 4. The predicted octanol–water partition coefficient (Wildman–Crippen LogP) is 3.34. The minimum atomic E-state index is -0.0764. The third-order valence-corrected chi connectivity index (χ3v) is 6.80. The summed E-state index contributed by atoms with van der Waals surface area (Å²) in [7, 11) is 0. The van der Waals surface area contributed by atoms with Gasteiger partial charge in [-0.05, 0) is 37.7 Å². The summed E-state index contributed by atoms with van der Waals surface area (Å²) in [6, 6.07) is 0. The molecule has 2 aromatic rings. The summed E-state index contributed by atoms with van der Waals surface area (Å²) < 4.78 is 0. The van der Waals surface area contributed by atoms with Gasteiger partial charge in [-0.2, -0.15) is 0 Å². The van der Waals surface area contributed by atoms with Gasteiger partial charge >= 0.3 is 0 Å². The Bertz CT molecular complexity index is 833. The van der Waals surface area contributed by atoms with Crippen molar-refractivity contribution in [2.24, 2.45) is 11.8 Å². The molecule has 25 heavy (non-hydrogen) atoms. The number of amides is 1. The fourth-order valence-electron chi connectivity index (χ4n) is 3.56. The number of aromatic nitrogens is 2. The minimum absolute atomic E-state index is 0.0764. The van der Waals surface area contributed by atoms with E-state index < -0.39 is 0 Å². The number of carbonyl (C=O) groups is 1. The summed E-state index contributed by atoms with van der Waals surface area (Å²) in [5, 5.41) is 0.698. The van der Waals surface area contributed by atoms with Crippen LogP contribution in [-0.2, 0) is 10.5 Å². The van der Waals surface area contributed by atoms with Gasteiger partial charge in [-0.25, -0.2) is 4.98 Å². The van der Waals surface area contributed by atoms with Crippen molar-refractivity contribution >= 4 is 39.2 Å². The number of piperidine rings is 1. The average molecular weight is 380 g/mol. The van der Waals surface area contributed by atoms with Crippen molar-refractivity contribution in [2.75, 3.05) is 18.8 Å². The van der Waals surface area contributed by atoms with E-state index in [9.17, 15) is 9.59 Å². The van der Waals surface area contributed by atoms with Crippen molar-refractivity contribution in [1.82, 2.24) is 14.9 Å². The highest BCUT2D eigenvalue weighted by molar-refractivity contribution is 7.99. The number of likely N-dealkylation sites (tertiary alicyclic amines) is 1. The molecule has 1 saturated heterocycles. The summed E-state index contributed by atoms with van der Waals surface area (Å²) in [5.41, 5.74) is 0.934. The lowest BCUT2D eigenvalue weighted by Crippen LogP contribution is -2.43. The zero-order valence-electron chi connectivity index (χ0n) is 15.2. The van der Waals surface area contributed by atoms with E-state index in [4.69, 9.17) is 0 Å². The molecule has 2 atom stereocenters. The van der Waals surface area contributed by atoms with Crippen LogP contribution in [0.5, 0.6) is 0 Å². The number of fused-ring (bicyclic) bond motifs is 1. The van der Waals surface area contributed by atoms with E-state index in [2.05, 4.69) is 23.8 Å². The molecule has 0 aromatic carbocycles. The molecular weight excluding hydrogens is 354 g/mol. The van der Waals surface area contributed by atoms with Crippen LogP contribution in [0.2, 0.25) is 0 Å². The second-order valence-electron chi connectivity index (χ2n) is 7.21. The van der Waals surface area contributed by atoms with Crippen LogP contribution in [0.25, 0.3) is 10.2 Å². The number of hydrogen-bond donors (Lipinski definition) is 1. The van der Waals surface area contributed by atoms with Crippen LogP contribution in [0.3, 0.4) is 0 Å². The van der Waals surface area contributed by atoms with E-state index in [1.165, 1.54) is 18.2 Å². The van der Waals surface area contributed by atoms with Crippen molar-refractivity contribution in [3.8, 4) is 0 Å². The number of thiophene rings is 1. The van der Waals surface area contributed by atoms with Crippen LogP contribution in [0.1, 0.15) is 36.5 Å². The first-order valence-electron chi connectivity index (χ1n) is 8.69. The van der Waals surface area contributed by atoms with Crippen LogP contribution in [0, 0.1) is 25.7 Å². The van der Waals surface area contributed by atoms with Crippen molar-refractivity contribution in [3.63, 3.8) is 0 Å². The number of hydrogen-bond acceptors (Lipinski definition) is 5. The monoisotopic (exact) mass is 379 g/mol. The van der Waals surface area contributed by atoms with E-state index in [1.807, 2.05) is 18.7 Å². The van der Waals surface area contributed by atoms with Crippen molar-refractivity contribution in [3.05, 3.63) is 26.6 Å². The number of thioether (sulfide) groups is 1.